The minimum absolute atomic E-state index is 0. The number of nitrogens with zero attached hydrogens (tertiary/aromatic N) is 2. The molecule has 1 aromatic heterocycles. The van der Waals surface area contributed by atoms with Crippen LogP contribution in [0.15, 0.2) is 17.2 Å². The highest BCUT2D eigenvalue weighted by Gasteiger charge is 2.39. The Morgan fingerprint density at radius 2 is 2.00 bits per heavy atom. The van der Waals surface area contributed by atoms with Gasteiger partial charge in [-0.2, -0.15) is 17.5 Å². The average molecular weight is 433 g/mol. The van der Waals surface area contributed by atoms with Crippen LogP contribution >= 0.6 is 12.4 Å². The molecule has 156 valence electrons. The Bertz CT molecular complexity index is 793. The molecule has 1 amide bonds. The summed E-state index contributed by atoms with van der Waals surface area (Å²) in [5.41, 5.74) is 5.45. The van der Waals surface area contributed by atoms with Gasteiger partial charge in [-0.15, -0.1) is 12.4 Å². The fourth-order valence-corrected chi connectivity index (χ4v) is 4.55. The van der Waals surface area contributed by atoms with Gasteiger partial charge in [0, 0.05) is 32.4 Å². The molecular formula is C15H24ClF3N4O3S. The van der Waals surface area contributed by atoms with Crippen molar-refractivity contribution in [1.82, 2.24) is 14.2 Å². The van der Waals surface area contributed by atoms with Crippen LogP contribution in [-0.2, 0) is 17.1 Å². The highest BCUT2D eigenvalue weighted by Crippen LogP contribution is 2.31. The van der Waals surface area contributed by atoms with Crippen LogP contribution in [-0.4, -0.2) is 55.0 Å². The molecule has 0 spiro atoms. The molecule has 0 saturated carbocycles. The van der Waals surface area contributed by atoms with E-state index in [1.165, 1.54) is 22.1 Å². The van der Waals surface area contributed by atoms with Gasteiger partial charge in [-0.3, -0.25) is 4.79 Å². The molecule has 1 aliphatic heterocycles. The molecule has 0 bridgehead atoms. The molecule has 0 aromatic carbocycles. The molecule has 1 fully saturated rings. The molecule has 2 rings (SSSR count). The molecular weight excluding hydrogens is 409 g/mol. The number of hydrogen-bond acceptors (Lipinski definition) is 4. The van der Waals surface area contributed by atoms with E-state index in [4.69, 9.17) is 5.73 Å². The van der Waals surface area contributed by atoms with Crippen LogP contribution in [0.4, 0.5) is 13.2 Å². The van der Waals surface area contributed by atoms with Gasteiger partial charge in [0.05, 0.1) is 0 Å². The molecule has 2 heterocycles. The van der Waals surface area contributed by atoms with Crippen molar-refractivity contribution >= 4 is 28.3 Å². The van der Waals surface area contributed by atoms with Crippen LogP contribution in [0.5, 0.6) is 0 Å². The van der Waals surface area contributed by atoms with Crippen molar-refractivity contribution in [2.75, 3.05) is 19.6 Å². The second kappa shape index (κ2) is 7.98. The van der Waals surface area contributed by atoms with Gasteiger partial charge in [0.25, 0.3) is 5.91 Å². The summed E-state index contributed by atoms with van der Waals surface area (Å²) in [5.74, 6) is -0.993. The van der Waals surface area contributed by atoms with Crippen molar-refractivity contribution in [3.8, 4) is 0 Å². The summed E-state index contributed by atoms with van der Waals surface area (Å²) >= 11 is 0. The zero-order valence-electron chi connectivity index (χ0n) is 15.2. The van der Waals surface area contributed by atoms with E-state index in [0.29, 0.717) is 6.42 Å². The zero-order chi connectivity index (χ0) is 19.9. The number of halogens is 4. The highest BCUT2D eigenvalue weighted by atomic mass is 35.5. The maximum Gasteiger partial charge on any atom is 0.405 e. The number of aromatic nitrogens is 1. The maximum atomic E-state index is 12.8. The SMILES string of the molecule is Cl.Cn1cc(S(=O)(=O)N2CCC(N)C(C)(C)C2)cc1C(=O)NCC(F)(F)F. The van der Waals surface area contributed by atoms with Crippen molar-refractivity contribution < 1.29 is 26.4 Å². The Kier molecular flexibility index (Phi) is 7.01. The van der Waals surface area contributed by atoms with E-state index in [9.17, 15) is 26.4 Å². The third-order valence-electron chi connectivity index (χ3n) is 4.58. The number of piperidine rings is 1. The summed E-state index contributed by atoms with van der Waals surface area (Å²) in [6, 6.07) is 0.955. The molecule has 1 unspecified atom stereocenters. The van der Waals surface area contributed by atoms with Gasteiger partial charge in [0.1, 0.15) is 17.1 Å². The number of aryl methyl sites for hydroxylation is 1. The fourth-order valence-electron chi connectivity index (χ4n) is 2.85. The lowest BCUT2D eigenvalue weighted by atomic mass is 9.81. The Balaban J connectivity index is 0.00000364. The normalized spacial score (nSPS) is 20.8. The van der Waals surface area contributed by atoms with Crippen molar-refractivity contribution in [1.29, 1.82) is 0 Å². The first-order valence-corrected chi connectivity index (χ1v) is 9.45. The summed E-state index contributed by atoms with van der Waals surface area (Å²) < 4.78 is 64.9. The molecule has 7 nitrogen and oxygen atoms in total. The van der Waals surface area contributed by atoms with E-state index < -0.39 is 34.1 Å². The van der Waals surface area contributed by atoms with Gasteiger partial charge in [-0.1, -0.05) is 13.8 Å². The highest BCUT2D eigenvalue weighted by molar-refractivity contribution is 7.89. The van der Waals surface area contributed by atoms with Gasteiger partial charge in [0.15, 0.2) is 0 Å². The minimum atomic E-state index is -4.55. The average Bonchev–Trinajstić information content (AvgIpc) is 2.89. The number of carbonyl (C=O) groups excluding carboxylic acids is 1. The van der Waals surface area contributed by atoms with Gasteiger partial charge >= 0.3 is 6.18 Å². The van der Waals surface area contributed by atoms with Gasteiger partial charge < -0.3 is 15.6 Å². The minimum Gasteiger partial charge on any atom is -0.345 e. The van der Waals surface area contributed by atoms with Crippen LogP contribution in [0.2, 0.25) is 0 Å². The van der Waals surface area contributed by atoms with Crippen molar-refractivity contribution in [3.63, 3.8) is 0 Å². The number of nitrogens with two attached hydrogens (primary N) is 1. The van der Waals surface area contributed by atoms with Crippen LogP contribution in [0, 0.1) is 5.41 Å². The molecule has 27 heavy (non-hydrogen) atoms. The molecule has 3 N–H and O–H groups in total. The summed E-state index contributed by atoms with van der Waals surface area (Å²) in [5, 5.41) is 1.73. The van der Waals surface area contributed by atoms with E-state index in [0.717, 1.165) is 6.07 Å². The number of nitrogens with one attached hydrogen (secondary N) is 1. The number of hydrogen-bond donors (Lipinski definition) is 2. The monoisotopic (exact) mass is 432 g/mol. The summed E-state index contributed by atoms with van der Waals surface area (Å²) in [6.07, 6.45) is -2.83. The molecule has 1 aliphatic rings. The number of carbonyl (C=O) groups is 1. The van der Waals surface area contributed by atoms with E-state index >= 15 is 0 Å². The lowest BCUT2D eigenvalue weighted by Crippen LogP contribution is -2.53. The second-order valence-corrected chi connectivity index (χ2v) is 9.13. The Hall–Kier alpha value is -1.30. The van der Waals surface area contributed by atoms with Gasteiger partial charge in [0.2, 0.25) is 10.0 Å². The van der Waals surface area contributed by atoms with E-state index in [-0.39, 0.29) is 42.1 Å². The smallest absolute Gasteiger partial charge is 0.345 e. The van der Waals surface area contributed by atoms with Crippen LogP contribution in [0.1, 0.15) is 30.8 Å². The predicted molar refractivity (Wildman–Crippen MR) is 96.2 cm³/mol. The maximum absolute atomic E-state index is 12.8. The third-order valence-corrected chi connectivity index (χ3v) is 6.39. The quantitative estimate of drug-likeness (QED) is 0.753. The van der Waals surface area contributed by atoms with E-state index in [1.54, 1.807) is 5.32 Å². The summed E-state index contributed by atoms with van der Waals surface area (Å²) in [4.78, 5) is 11.8. The largest absolute Gasteiger partial charge is 0.405 e. The summed E-state index contributed by atoms with van der Waals surface area (Å²) in [6.45, 7) is 2.73. The lowest BCUT2D eigenvalue weighted by Gasteiger charge is -2.41. The number of sulfonamides is 1. The Morgan fingerprint density at radius 3 is 2.52 bits per heavy atom. The van der Waals surface area contributed by atoms with Crippen molar-refractivity contribution in [2.45, 2.75) is 37.4 Å². The number of rotatable bonds is 4. The third kappa shape index (κ3) is 5.37. The van der Waals surface area contributed by atoms with Crippen LogP contribution in [0.3, 0.4) is 0 Å². The molecule has 1 saturated heterocycles. The molecule has 0 aliphatic carbocycles. The number of amides is 1. The van der Waals surface area contributed by atoms with E-state index in [1.807, 2.05) is 13.8 Å². The second-order valence-electron chi connectivity index (χ2n) is 7.19. The molecule has 0 radical (unpaired) electrons. The van der Waals surface area contributed by atoms with Crippen LogP contribution in [0.25, 0.3) is 0 Å². The molecule has 1 aromatic rings. The Morgan fingerprint density at radius 1 is 1.41 bits per heavy atom. The number of alkyl halides is 3. The van der Waals surface area contributed by atoms with Gasteiger partial charge in [-0.25, -0.2) is 8.42 Å². The fraction of sp³-hybridized carbons (Fsp3) is 0.667. The van der Waals surface area contributed by atoms with Crippen molar-refractivity contribution in [3.05, 3.63) is 18.0 Å². The first-order valence-electron chi connectivity index (χ1n) is 8.01. The van der Waals surface area contributed by atoms with E-state index in [2.05, 4.69) is 0 Å². The first-order chi connectivity index (χ1) is 11.7. The molecule has 12 heteroatoms. The zero-order valence-corrected chi connectivity index (χ0v) is 16.8. The molecule has 1 atom stereocenters. The van der Waals surface area contributed by atoms with Gasteiger partial charge in [-0.05, 0) is 17.9 Å². The lowest BCUT2D eigenvalue weighted by molar-refractivity contribution is -0.123. The predicted octanol–water partition coefficient (Wildman–Crippen LogP) is 1.49. The Labute approximate surface area is 162 Å². The topological polar surface area (TPSA) is 97.4 Å². The first kappa shape index (κ1) is 23.7. The van der Waals surface area contributed by atoms with Crippen molar-refractivity contribution in [2.24, 2.45) is 18.2 Å². The summed E-state index contributed by atoms with van der Waals surface area (Å²) in [7, 11) is -2.48. The standard InChI is InChI=1S/C15H23F3N4O3S.ClH/c1-14(2)9-22(5-4-12(14)19)26(24,25)10-6-11(21(3)7-10)13(23)20-8-15(16,17)18;/h6-7,12H,4-5,8-9,19H2,1-3H3,(H,20,23);1H. The van der Waals surface area contributed by atoms with Crippen LogP contribution < -0.4 is 11.1 Å².